The summed E-state index contributed by atoms with van der Waals surface area (Å²) in [7, 11) is 0. The van der Waals surface area contributed by atoms with Crippen molar-refractivity contribution in [3.05, 3.63) is 58.7 Å². The first-order chi connectivity index (χ1) is 8.15. The Hall–Kier alpha value is -1.56. The number of aryl methyl sites for hydroxylation is 1. The highest BCUT2D eigenvalue weighted by molar-refractivity contribution is 5.77. The molecule has 0 heteroatoms. The van der Waals surface area contributed by atoms with Gasteiger partial charge in [0, 0.05) is 0 Å². The molecule has 17 heavy (non-hydrogen) atoms. The minimum Gasteiger partial charge on any atom is -0.0587 e. The summed E-state index contributed by atoms with van der Waals surface area (Å²) in [5.41, 5.74) is 8.66. The second kappa shape index (κ2) is 3.73. The van der Waals surface area contributed by atoms with Crippen molar-refractivity contribution in [3.8, 4) is 11.1 Å². The van der Waals surface area contributed by atoms with Gasteiger partial charge in [0.2, 0.25) is 0 Å². The van der Waals surface area contributed by atoms with Gasteiger partial charge in [0.05, 0.1) is 0 Å². The standard InChI is InChI=1S/C17H18/c1-11(2)13-5-7-17-15(9-13)10-14-8-12(3)4-6-16(14)17/h4-9,11H,10H2,1-3H3. The number of benzene rings is 2. The van der Waals surface area contributed by atoms with Crippen LogP contribution in [-0.2, 0) is 6.42 Å². The van der Waals surface area contributed by atoms with Crippen LogP contribution in [-0.4, -0.2) is 0 Å². The summed E-state index contributed by atoms with van der Waals surface area (Å²) in [4.78, 5) is 0. The molecule has 0 radical (unpaired) electrons. The van der Waals surface area contributed by atoms with Crippen LogP contribution >= 0.6 is 0 Å². The Morgan fingerprint density at radius 3 is 2.24 bits per heavy atom. The summed E-state index contributed by atoms with van der Waals surface area (Å²) in [6, 6.07) is 13.8. The third kappa shape index (κ3) is 1.68. The van der Waals surface area contributed by atoms with Gasteiger partial charge < -0.3 is 0 Å². The van der Waals surface area contributed by atoms with E-state index in [4.69, 9.17) is 0 Å². The lowest BCUT2D eigenvalue weighted by atomic mass is 9.97. The van der Waals surface area contributed by atoms with Crippen molar-refractivity contribution in [2.45, 2.75) is 33.1 Å². The molecule has 0 spiro atoms. The van der Waals surface area contributed by atoms with Crippen molar-refractivity contribution in [3.63, 3.8) is 0 Å². The highest BCUT2D eigenvalue weighted by atomic mass is 14.2. The summed E-state index contributed by atoms with van der Waals surface area (Å²) < 4.78 is 0. The lowest BCUT2D eigenvalue weighted by Crippen LogP contribution is -1.89. The van der Waals surface area contributed by atoms with Gasteiger partial charge in [-0.2, -0.15) is 0 Å². The van der Waals surface area contributed by atoms with Crippen LogP contribution in [0.4, 0.5) is 0 Å². The number of fused-ring (bicyclic) bond motifs is 3. The molecule has 1 aliphatic rings. The molecule has 0 heterocycles. The van der Waals surface area contributed by atoms with Gasteiger partial charge in [-0.1, -0.05) is 55.8 Å². The van der Waals surface area contributed by atoms with Gasteiger partial charge in [-0.25, -0.2) is 0 Å². The van der Waals surface area contributed by atoms with Gasteiger partial charge in [-0.05, 0) is 47.1 Å². The normalized spacial score (nSPS) is 12.7. The van der Waals surface area contributed by atoms with E-state index in [0.717, 1.165) is 6.42 Å². The molecule has 0 nitrogen and oxygen atoms in total. The van der Waals surface area contributed by atoms with E-state index in [1.54, 1.807) is 0 Å². The molecule has 0 fully saturated rings. The number of hydrogen-bond acceptors (Lipinski definition) is 0. The molecule has 0 atom stereocenters. The van der Waals surface area contributed by atoms with Crippen LogP contribution in [0.15, 0.2) is 36.4 Å². The molecule has 2 aromatic carbocycles. The van der Waals surface area contributed by atoms with Gasteiger partial charge in [0.1, 0.15) is 0 Å². The molecule has 0 saturated carbocycles. The molecule has 0 saturated heterocycles. The fourth-order valence-corrected chi connectivity index (χ4v) is 2.72. The predicted octanol–water partition coefficient (Wildman–Crippen LogP) is 4.69. The van der Waals surface area contributed by atoms with Crippen LogP contribution in [0.2, 0.25) is 0 Å². The van der Waals surface area contributed by atoms with Crippen LogP contribution in [0.3, 0.4) is 0 Å². The van der Waals surface area contributed by atoms with Crippen LogP contribution in [0.5, 0.6) is 0 Å². The molecule has 2 aromatic rings. The average molecular weight is 222 g/mol. The molecule has 0 unspecified atom stereocenters. The van der Waals surface area contributed by atoms with E-state index < -0.39 is 0 Å². The van der Waals surface area contributed by atoms with Crippen LogP contribution in [0, 0.1) is 6.92 Å². The van der Waals surface area contributed by atoms with Gasteiger partial charge in [0.25, 0.3) is 0 Å². The Morgan fingerprint density at radius 2 is 1.53 bits per heavy atom. The van der Waals surface area contributed by atoms with Crippen LogP contribution in [0.25, 0.3) is 11.1 Å². The Labute approximate surface area is 103 Å². The van der Waals surface area contributed by atoms with Crippen molar-refractivity contribution in [2.24, 2.45) is 0 Å². The smallest absolute Gasteiger partial charge is 0.00133 e. The van der Waals surface area contributed by atoms with E-state index in [1.807, 2.05) is 0 Å². The summed E-state index contributed by atoms with van der Waals surface area (Å²) >= 11 is 0. The zero-order valence-electron chi connectivity index (χ0n) is 10.7. The third-order valence-electron chi connectivity index (χ3n) is 3.73. The van der Waals surface area contributed by atoms with E-state index in [2.05, 4.69) is 57.2 Å². The molecule has 1 aliphatic carbocycles. The largest absolute Gasteiger partial charge is 0.0587 e. The molecule has 0 N–H and O–H groups in total. The van der Waals surface area contributed by atoms with Gasteiger partial charge in [-0.3, -0.25) is 0 Å². The fraction of sp³-hybridized carbons (Fsp3) is 0.294. The van der Waals surface area contributed by atoms with Gasteiger partial charge >= 0.3 is 0 Å². The van der Waals surface area contributed by atoms with Crippen LogP contribution in [0.1, 0.15) is 42.0 Å². The Kier molecular flexibility index (Phi) is 2.32. The predicted molar refractivity (Wildman–Crippen MR) is 73.5 cm³/mol. The van der Waals surface area contributed by atoms with E-state index in [1.165, 1.54) is 33.4 Å². The SMILES string of the molecule is Cc1ccc2c(c1)Cc1cc(C(C)C)ccc1-2. The molecule has 0 amide bonds. The average Bonchev–Trinajstić information content (AvgIpc) is 2.64. The molecule has 0 aromatic heterocycles. The summed E-state index contributed by atoms with van der Waals surface area (Å²) in [5, 5.41) is 0. The second-order valence-electron chi connectivity index (χ2n) is 5.41. The summed E-state index contributed by atoms with van der Waals surface area (Å²) in [5.74, 6) is 0.616. The quantitative estimate of drug-likeness (QED) is 0.560. The first-order valence-electron chi connectivity index (χ1n) is 6.38. The minimum atomic E-state index is 0.616. The van der Waals surface area contributed by atoms with Crippen molar-refractivity contribution in [2.75, 3.05) is 0 Å². The lowest BCUT2D eigenvalue weighted by molar-refractivity contribution is 0.864. The molecular formula is C17H18. The minimum absolute atomic E-state index is 0.616. The molecule has 0 aliphatic heterocycles. The first kappa shape index (κ1) is 10.6. The first-order valence-corrected chi connectivity index (χ1v) is 6.38. The lowest BCUT2D eigenvalue weighted by Gasteiger charge is -2.08. The monoisotopic (exact) mass is 222 g/mol. The van der Waals surface area contributed by atoms with Crippen molar-refractivity contribution < 1.29 is 0 Å². The highest BCUT2D eigenvalue weighted by Gasteiger charge is 2.18. The zero-order chi connectivity index (χ0) is 12.0. The number of hydrogen-bond donors (Lipinski definition) is 0. The molecular weight excluding hydrogens is 204 g/mol. The van der Waals surface area contributed by atoms with E-state index in [9.17, 15) is 0 Å². The Morgan fingerprint density at radius 1 is 0.882 bits per heavy atom. The third-order valence-corrected chi connectivity index (χ3v) is 3.73. The highest BCUT2D eigenvalue weighted by Crippen LogP contribution is 2.38. The van der Waals surface area contributed by atoms with E-state index >= 15 is 0 Å². The second-order valence-corrected chi connectivity index (χ2v) is 5.41. The maximum absolute atomic E-state index is 2.38. The zero-order valence-corrected chi connectivity index (χ0v) is 10.7. The molecule has 3 rings (SSSR count). The van der Waals surface area contributed by atoms with Crippen molar-refractivity contribution in [1.29, 1.82) is 0 Å². The molecule has 0 bridgehead atoms. The topological polar surface area (TPSA) is 0 Å². The van der Waals surface area contributed by atoms with E-state index in [0.29, 0.717) is 5.92 Å². The van der Waals surface area contributed by atoms with E-state index in [-0.39, 0.29) is 0 Å². The Balaban J connectivity index is 2.12. The van der Waals surface area contributed by atoms with Crippen LogP contribution < -0.4 is 0 Å². The maximum Gasteiger partial charge on any atom is -0.00133 e. The number of rotatable bonds is 1. The van der Waals surface area contributed by atoms with Crippen molar-refractivity contribution in [1.82, 2.24) is 0 Å². The molecule has 86 valence electrons. The van der Waals surface area contributed by atoms with Gasteiger partial charge in [0.15, 0.2) is 0 Å². The fourth-order valence-electron chi connectivity index (χ4n) is 2.72. The summed E-state index contributed by atoms with van der Waals surface area (Å²) in [6.07, 6.45) is 1.10. The van der Waals surface area contributed by atoms with Crippen molar-refractivity contribution >= 4 is 0 Å². The Bertz CT molecular complexity index is 577. The maximum atomic E-state index is 2.38. The summed E-state index contributed by atoms with van der Waals surface area (Å²) in [6.45, 7) is 6.69. The van der Waals surface area contributed by atoms with Gasteiger partial charge in [-0.15, -0.1) is 0 Å².